The smallest absolute Gasteiger partial charge is 0.167 e. The highest BCUT2D eigenvalue weighted by atomic mass is 16.5. The van der Waals surface area contributed by atoms with Crippen molar-refractivity contribution in [3.8, 4) is 17.2 Å². The zero-order chi connectivity index (χ0) is 19.2. The molecule has 3 aromatic rings. The maximum absolute atomic E-state index is 12.1. The number of ether oxygens (including phenoxy) is 2. The van der Waals surface area contributed by atoms with Crippen LogP contribution in [0.5, 0.6) is 17.2 Å². The highest BCUT2D eigenvalue weighted by molar-refractivity contribution is 6.00. The predicted molar refractivity (Wildman–Crippen MR) is 104 cm³/mol. The molecular formula is C23H22O4. The molecule has 27 heavy (non-hydrogen) atoms. The molecule has 0 bridgehead atoms. The summed E-state index contributed by atoms with van der Waals surface area (Å²) >= 11 is 0. The van der Waals surface area contributed by atoms with Gasteiger partial charge in [0.2, 0.25) is 0 Å². The van der Waals surface area contributed by atoms with Gasteiger partial charge in [0.15, 0.2) is 5.78 Å². The van der Waals surface area contributed by atoms with Gasteiger partial charge in [-0.15, -0.1) is 0 Å². The molecule has 0 aliphatic rings. The summed E-state index contributed by atoms with van der Waals surface area (Å²) in [5.74, 6) is 0.450. The van der Waals surface area contributed by atoms with E-state index in [4.69, 9.17) is 9.47 Å². The van der Waals surface area contributed by atoms with Crippen molar-refractivity contribution < 1.29 is 19.4 Å². The summed E-state index contributed by atoms with van der Waals surface area (Å²) in [6.07, 6.45) is 0. The molecular weight excluding hydrogens is 340 g/mol. The van der Waals surface area contributed by atoms with E-state index in [1.165, 1.54) is 13.0 Å². The van der Waals surface area contributed by atoms with Crippen molar-refractivity contribution in [2.24, 2.45) is 0 Å². The van der Waals surface area contributed by atoms with Crippen LogP contribution in [0.3, 0.4) is 0 Å². The van der Waals surface area contributed by atoms with Crippen LogP contribution >= 0.6 is 0 Å². The monoisotopic (exact) mass is 362 g/mol. The van der Waals surface area contributed by atoms with E-state index in [0.29, 0.717) is 30.3 Å². The number of phenolic OH excluding ortho intramolecular Hbond substituents is 1. The molecule has 3 rings (SSSR count). The van der Waals surface area contributed by atoms with Gasteiger partial charge in [-0.2, -0.15) is 0 Å². The third-order valence-corrected chi connectivity index (χ3v) is 4.28. The second-order valence-electron chi connectivity index (χ2n) is 6.33. The number of hydrogen-bond acceptors (Lipinski definition) is 4. The average Bonchev–Trinajstić information content (AvgIpc) is 2.68. The molecule has 0 aromatic heterocycles. The van der Waals surface area contributed by atoms with Crippen LogP contribution < -0.4 is 9.47 Å². The van der Waals surface area contributed by atoms with Gasteiger partial charge < -0.3 is 14.6 Å². The Bertz CT molecular complexity index is 918. The van der Waals surface area contributed by atoms with Crippen molar-refractivity contribution >= 4 is 5.78 Å². The fourth-order valence-corrected chi connectivity index (χ4v) is 2.86. The Morgan fingerprint density at radius 1 is 0.889 bits per heavy atom. The van der Waals surface area contributed by atoms with Crippen LogP contribution in [-0.4, -0.2) is 10.9 Å². The summed E-state index contributed by atoms with van der Waals surface area (Å²) in [6, 6.07) is 20.9. The van der Waals surface area contributed by atoms with E-state index in [1.54, 1.807) is 0 Å². The van der Waals surface area contributed by atoms with E-state index in [1.807, 2.05) is 67.6 Å². The number of carbonyl (C=O) groups excluding carboxylic acids is 1. The minimum atomic E-state index is -0.256. The number of aromatic hydroxyl groups is 1. The lowest BCUT2D eigenvalue weighted by Crippen LogP contribution is -2.06. The third kappa shape index (κ3) is 4.47. The first-order valence-corrected chi connectivity index (χ1v) is 8.77. The predicted octanol–water partition coefficient (Wildman–Crippen LogP) is 5.06. The molecule has 4 heteroatoms. The average molecular weight is 362 g/mol. The van der Waals surface area contributed by atoms with Crippen LogP contribution in [0.1, 0.15) is 34.0 Å². The van der Waals surface area contributed by atoms with Crippen molar-refractivity contribution in [3.05, 3.63) is 89.0 Å². The van der Waals surface area contributed by atoms with Gasteiger partial charge in [0.25, 0.3) is 0 Å². The zero-order valence-electron chi connectivity index (χ0n) is 15.4. The van der Waals surface area contributed by atoms with Crippen molar-refractivity contribution in [1.29, 1.82) is 0 Å². The lowest BCUT2D eigenvalue weighted by molar-refractivity contribution is 0.101. The summed E-state index contributed by atoms with van der Waals surface area (Å²) in [5, 5.41) is 10.4. The molecule has 0 fully saturated rings. The number of rotatable bonds is 7. The normalized spacial score (nSPS) is 10.4. The number of Topliss-reactive ketones (excluding diaryl/α,β-unsaturated/α-hetero) is 1. The molecule has 0 amide bonds. The molecule has 0 saturated carbocycles. The first kappa shape index (κ1) is 18.5. The Kier molecular flexibility index (Phi) is 5.77. The molecule has 1 N–H and O–H groups in total. The Labute approximate surface area is 159 Å². The second kappa shape index (κ2) is 8.41. The van der Waals surface area contributed by atoms with E-state index >= 15 is 0 Å². The van der Waals surface area contributed by atoms with Crippen molar-refractivity contribution in [2.45, 2.75) is 27.1 Å². The van der Waals surface area contributed by atoms with Crippen LogP contribution in [0.4, 0.5) is 0 Å². The number of hydrogen-bond donors (Lipinski definition) is 1. The highest BCUT2D eigenvalue weighted by Gasteiger charge is 2.21. The van der Waals surface area contributed by atoms with Gasteiger partial charge in [-0.1, -0.05) is 60.7 Å². The summed E-state index contributed by atoms with van der Waals surface area (Å²) in [7, 11) is 0. The van der Waals surface area contributed by atoms with Crippen LogP contribution in [0, 0.1) is 6.92 Å². The second-order valence-corrected chi connectivity index (χ2v) is 6.33. The highest BCUT2D eigenvalue weighted by Crippen LogP contribution is 2.39. The lowest BCUT2D eigenvalue weighted by Gasteiger charge is -2.18. The molecule has 0 aliphatic carbocycles. The van der Waals surface area contributed by atoms with Gasteiger partial charge in [-0.3, -0.25) is 4.79 Å². The Balaban J connectivity index is 1.89. The topological polar surface area (TPSA) is 55.8 Å². The Morgan fingerprint density at radius 3 is 1.93 bits per heavy atom. The Hall–Kier alpha value is -3.27. The van der Waals surface area contributed by atoms with Gasteiger partial charge in [0.05, 0.1) is 0 Å². The van der Waals surface area contributed by atoms with E-state index in [9.17, 15) is 9.90 Å². The van der Waals surface area contributed by atoms with Gasteiger partial charge >= 0.3 is 0 Å². The lowest BCUT2D eigenvalue weighted by atomic mass is 10.0. The molecule has 3 aromatic carbocycles. The van der Waals surface area contributed by atoms with Gasteiger partial charge in [0, 0.05) is 11.6 Å². The van der Waals surface area contributed by atoms with Crippen molar-refractivity contribution in [1.82, 2.24) is 0 Å². The third-order valence-electron chi connectivity index (χ3n) is 4.28. The van der Waals surface area contributed by atoms with Crippen molar-refractivity contribution in [3.63, 3.8) is 0 Å². The van der Waals surface area contributed by atoms with Crippen LogP contribution in [-0.2, 0) is 13.2 Å². The fraction of sp³-hybridized carbons (Fsp3) is 0.174. The summed E-state index contributed by atoms with van der Waals surface area (Å²) in [4.78, 5) is 12.1. The molecule has 0 atom stereocenters. The van der Waals surface area contributed by atoms with Crippen LogP contribution in [0.2, 0.25) is 0 Å². The standard InChI is InChI=1S/C23H22O4/c1-16-21(26-14-18-9-5-3-6-10-18)13-20(25)22(17(2)24)23(16)27-15-19-11-7-4-8-12-19/h3-13,25H,14-15H2,1-2H3. The first-order chi connectivity index (χ1) is 13.1. The van der Waals surface area contributed by atoms with Gasteiger partial charge in [0.1, 0.15) is 36.0 Å². The molecule has 0 unspecified atom stereocenters. The van der Waals surface area contributed by atoms with Gasteiger partial charge in [-0.25, -0.2) is 0 Å². The first-order valence-electron chi connectivity index (χ1n) is 8.77. The van der Waals surface area contributed by atoms with Gasteiger partial charge in [-0.05, 0) is 25.0 Å². The zero-order valence-corrected chi connectivity index (χ0v) is 15.4. The summed E-state index contributed by atoms with van der Waals surface area (Å²) in [6.45, 7) is 3.89. The number of benzene rings is 3. The maximum Gasteiger partial charge on any atom is 0.167 e. The number of ketones is 1. The molecule has 0 heterocycles. The summed E-state index contributed by atoms with van der Waals surface area (Å²) in [5.41, 5.74) is 2.85. The minimum Gasteiger partial charge on any atom is -0.507 e. The van der Waals surface area contributed by atoms with E-state index < -0.39 is 0 Å². The van der Waals surface area contributed by atoms with Crippen LogP contribution in [0.15, 0.2) is 66.7 Å². The molecule has 0 saturated heterocycles. The quantitative estimate of drug-likeness (QED) is 0.597. The largest absolute Gasteiger partial charge is 0.507 e. The molecule has 4 nitrogen and oxygen atoms in total. The fourth-order valence-electron chi connectivity index (χ4n) is 2.86. The van der Waals surface area contributed by atoms with E-state index in [0.717, 1.165) is 11.1 Å². The number of phenols is 1. The van der Waals surface area contributed by atoms with Crippen LogP contribution in [0.25, 0.3) is 0 Å². The molecule has 138 valence electrons. The Morgan fingerprint density at radius 2 is 1.41 bits per heavy atom. The van der Waals surface area contributed by atoms with E-state index in [2.05, 4.69) is 0 Å². The van der Waals surface area contributed by atoms with Crippen molar-refractivity contribution in [2.75, 3.05) is 0 Å². The summed E-state index contributed by atoms with van der Waals surface area (Å²) < 4.78 is 11.8. The molecule has 0 radical (unpaired) electrons. The minimum absolute atomic E-state index is 0.140. The SMILES string of the molecule is CC(=O)c1c(O)cc(OCc2ccccc2)c(C)c1OCc1ccccc1. The number of carbonyl (C=O) groups is 1. The van der Waals surface area contributed by atoms with E-state index in [-0.39, 0.29) is 17.1 Å². The maximum atomic E-state index is 12.1. The molecule has 0 spiro atoms. The molecule has 0 aliphatic heterocycles.